The number of benzene rings is 3. The Morgan fingerprint density at radius 2 is 1.34 bits per heavy atom. The molecule has 5 N–H and O–H groups in total. The molecule has 0 aliphatic carbocycles. The summed E-state index contributed by atoms with van der Waals surface area (Å²) in [5.74, 6) is 0.646. The highest BCUT2D eigenvalue weighted by molar-refractivity contribution is 5.81. The topological polar surface area (TPSA) is 143 Å². The lowest BCUT2D eigenvalue weighted by Gasteiger charge is -2.25. The van der Waals surface area contributed by atoms with Gasteiger partial charge in [0.2, 0.25) is 17.7 Å². The summed E-state index contributed by atoms with van der Waals surface area (Å²) >= 11 is 0. The average molecular weight is 647 g/mol. The first-order chi connectivity index (χ1) is 22.6. The van der Waals surface area contributed by atoms with Gasteiger partial charge in [0.1, 0.15) is 11.5 Å². The number of carbonyl (C=O) groups excluding carboxylic acids is 3. The summed E-state index contributed by atoms with van der Waals surface area (Å²) < 4.78 is 10.7. The number of nitrogens with one attached hydrogen (secondary N) is 2. The van der Waals surface area contributed by atoms with Crippen molar-refractivity contribution in [3.8, 4) is 11.5 Å². The van der Waals surface area contributed by atoms with Crippen LogP contribution in [0.1, 0.15) is 54.5 Å². The van der Waals surface area contributed by atoms with E-state index in [2.05, 4.69) is 10.6 Å². The van der Waals surface area contributed by atoms with Crippen LogP contribution < -0.4 is 25.8 Å². The first-order valence-corrected chi connectivity index (χ1v) is 16.3. The molecule has 0 bridgehead atoms. The first-order valence-electron chi connectivity index (χ1n) is 16.3. The Kier molecular flexibility index (Phi) is 15.2. The van der Waals surface area contributed by atoms with E-state index in [9.17, 15) is 19.5 Å². The Balaban J connectivity index is 1.77. The number of hydrogen-bond acceptors (Lipinski definition) is 7. The molecule has 0 unspecified atom stereocenters. The highest BCUT2D eigenvalue weighted by Gasteiger charge is 2.23. The van der Waals surface area contributed by atoms with E-state index in [1.54, 1.807) is 20.3 Å². The van der Waals surface area contributed by atoms with Gasteiger partial charge in [0, 0.05) is 26.2 Å². The maximum Gasteiger partial charge on any atom is 0.226 e. The normalized spacial score (nSPS) is 12.2. The molecule has 2 atom stereocenters. The minimum Gasteiger partial charge on any atom is -0.497 e. The number of aliphatic hydroxyl groups is 1. The minimum absolute atomic E-state index is 0.00000398. The predicted molar refractivity (Wildman–Crippen MR) is 183 cm³/mol. The van der Waals surface area contributed by atoms with Crippen LogP contribution in [-0.4, -0.2) is 73.7 Å². The van der Waals surface area contributed by atoms with E-state index in [1.165, 1.54) is 0 Å². The van der Waals surface area contributed by atoms with Crippen LogP contribution in [0.5, 0.6) is 11.5 Å². The standard InChI is InChI=1S/C37H50N4O6/c1-5-13-41(14-6-2)37(45)23-30-16-28(21-35(38)43)15-29(17-30)22-36(44)40-33(20-26-9-7-11-31(18-26)46-3)34(42)25-39-24-27-10-8-12-32(19-27)47-4/h7-12,15-19,33-34,39,42H,5-6,13-14,20-25H2,1-4H3,(H2,38,43)(H,40,44)/t33-,34+/m0/s1. The van der Waals surface area contributed by atoms with Crippen LogP contribution in [0.4, 0.5) is 0 Å². The molecule has 0 radical (unpaired) electrons. The minimum atomic E-state index is -0.909. The second kappa shape index (κ2) is 19.3. The zero-order chi connectivity index (χ0) is 34.2. The molecular weight excluding hydrogens is 596 g/mol. The fraction of sp³-hybridized carbons (Fsp3) is 0.432. The molecule has 3 amide bonds. The Morgan fingerprint density at radius 3 is 1.91 bits per heavy atom. The van der Waals surface area contributed by atoms with E-state index in [0.29, 0.717) is 42.9 Å². The van der Waals surface area contributed by atoms with Crippen molar-refractivity contribution >= 4 is 17.7 Å². The van der Waals surface area contributed by atoms with Crippen molar-refractivity contribution in [2.45, 2.75) is 71.1 Å². The summed E-state index contributed by atoms with van der Waals surface area (Å²) in [6.45, 7) is 6.17. The van der Waals surface area contributed by atoms with Gasteiger partial charge >= 0.3 is 0 Å². The van der Waals surface area contributed by atoms with Gasteiger partial charge < -0.3 is 35.8 Å². The predicted octanol–water partition coefficient (Wildman–Crippen LogP) is 3.34. The first kappa shape index (κ1) is 37.1. The number of ether oxygens (including phenoxy) is 2. The van der Waals surface area contributed by atoms with Crippen LogP contribution in [0.2, 0.25) is 0 Å². The van der Waals surface area contributed by atoms with Gasteiger partial charge in [-0.25, -0.2) is 0 Å². The van der Waals surface area contributed by atoms with E-state index in [1.807, 2.05) is 79.4 Å². The molecule has 47 heavy (non-hydrogen) atoms. The highest BCUT2D eigenvalue weighted by Crippen LogP contribution is 2.18. The van der Waals surface area contributed by atoms with Gasteiger partial charge in [0.05, 0.1) is 45.6 Å². The lowest BCUT2D eigenvalue weighted by Crippen LogP contribution is -2.49. The maximum absolute atomic E-state index is 13.5. The lowest BCUT2D eigenvalue weighted by atomic mass is 9.98. The fourth-order valence-electron chi connectivity index (χ4n) is 5.60. The molecule has 3 aromatic carbocycles. The van der Waals surface area contributed by atoms with Gasteiger partial charge in [0.25, 0.3) is 0 Å². The molecule has 0 aliphatic rings. The van der Waals surface area contributed by atoms with Crippen molar-refractivity contribution in [3.05, 3.63) is 94.5 Å². The Bertz CT molecular complexity index is 1460. The van der Waals surface area contributed by atoms with Crippen molar-refractivity contribution in [1.29, 1.82) is 0 Å². The zero-order valence-corrected chi connectivity index (χ0v) is 28.1. The second-order valence-electron chi connectivity index (χ2n) is 11.8. The smallest absolute Gasteiger partial charge is 0.226 e. The number of methoxy groups -OCH3 is 2. The number of nitrogens with zero attached hydrogens (tertiary/aromatic N) is 1. The van der Waals surface area contributed by atoms with E-state index in [-0.39, 0.29) is 37.6 Å². The quantitative estimate of drug-likeness (QED) is 0.148. The van der Waals surface area contributed by atoms with Crippen LogP contribution in [-0.2, 0) is 46.6 Å². The molecule has 0 fully saturated rings. The molecule has 3 rings (SSSR count). The van der Waals surface area contributed by atoms with Crippen molar-refractivity contribution in [2.24, 2.45) is 5.73 Å². The number of primary amides is 1. The van der Waals surface area contributed by atoms with E-state index in [0.717, 1.165) is 35.3 Å². The monoisotopic (exact) mass is 646 g/mol. The number of hydrogen-bond donors (Lipinski definition) is 4. The number of aliphatic hydroxyl groups excluding tert-OH is 1. The van der Waals surface area contributed by atoms with Crippen LogP contribution >= 0.6 is 0 Å². The molecular formula is C37H50N4O6. The van der Waals surface area contributed by atoms with Gasteiger partial charge in [0.15, 0.2) is 0 Å². The van der Waals surface area contributed by atoms with E-state index in [4.69, 9.17) is 15.2 Å². The van der Waals surface area contributed by atoms with Gasteiger partial charge in [-0.15, -0.1) is 0 Å². The maximum atomic E-state index is 13.5. The fourth-order valence-corrected chi connectivity index (χ4v) is 5.60. The summed E-state index contributed by atoms with van der Waals surface area (Å²) in [6, 6.07) is 20.0. The summed E-state index contributed by atoms with van der Waals surface area (Å²) in [6.07, 6.45) is 1.35. The molecule has 0 spiro atoms. The van der Waals surface area contributed by atoms with Crippen LogP contribution in [0.25, 0.3) is 0 Å². The van der Waals surface area contributed by atoms with Gasteiger partial charge in [-0.2, -0.15) is 0 Å². The number of nitrogens with two attached hydrogens (primary N) is 1. The van der Waals surface area contributed by atoms with Gasteiger partial charge in [-0.3, -0.25) is 14.4 Å². The van der Waals surface area contributed by atoms with E-state index >= 15 is 0 Å². The van der Waals surface area contributed by atoms with Crippen molar-refractivity contribution < 1.29 is 29.0 Å². The lowest BCUT2D eigenvalue weighted by molar-refractivity contribution is -0.130. The van der Waals surface area contributed by atoms with Crippen molar-refractivity contribution in [3.63, 3.8) is 0 Å². The molecule has 0 saturated heterocycles. The van der Waals surface area contributed by atoms with E-state index < -0.39 is 18.1 Å². The number of rotatable bonds is 20. The molecule has 3 aromatic rings. The largest absolute Gasteiger partial charge is 0.497 e. The summed E-state index contributed by atoms with van der Waals surface area (Å²) in [4.78, 5) is 40.2. The zero-order valence-electron chi connectivity index (χ0n) is 28.1. The summed E-state index contributed by atoms with van der Waals surface area (Å²) in [7, 11) is 3.21. The Labute approximate surface area is 278 Å². The van der Waals surface area contributed by atoms with Crippen LogP contribution in [0, 0.1) is 0 Å². The van der Waals surface area contributed by atoms with Gasteiger partial charge in [-0.05, 0) is 71.3 Å². The highest BCUT2D eigenvalue weighted by atomic mass is 16.5. The molecule has 0 aliphatic heterocycles. The molecule has 10 nitrogen and oxygen atoms in total. The third-order valence-corrected chi connectivity index (χ3v) is 7.77. The average Bonchev–Trinajstić information content (AvgIpc) is 3.04. The van der Waals surface area contributed by atoms with Gasteiger partial charge in [-0.1, -0.05) is 56.3 Å². The molecule has 0 heterocycles. The van der Waals surface area contributed by atoms with Crippen molar-refractivity contribution in [2.75, 3.05) is 33.9 Å². The second-order valence-corrected chi connectivity index (χ2v) is 11.8. The molecule has 0 saturated carbocycles. The number of carbonyl (C=O) groups is 3. The summed E-state index contributed by atoms with van der Waals surface area (Å²) in [5.41, 5.74) is 9.43. The Hall–Kier alpha value is -4.41. The molecule has 0 aromatic heterocycles. The molecule has 10 heteroatoms. The molecule has 254 valence electrons. The Morgan fingerprint density at radius 1 is 0.787 bits per heavy atom. The van der Waals surface area contributed by atoms with Crippen molar-refractivity contribution in [1.82, 2.24) is 15.5 Å². The summed E-state index contributed by atoms with van der Waals surface area (Å²) in [5, 5.41) is 17.6. The van der Waals surface area contributed by atoms with Crippen LogP contribution in [0.3, 0.4) is 0 Å². The van der Waals surface area contributed by atoms with Crippen LogP contribution in [0.15, 0.2) is 66.7 Å². The third kappa shape index (κ3) is 12.7. The third-order valence-electron chi connectivity index (χ3n) is 7.77. The SMILES string of the molecule is CCCN(CCC)C(=O)Cc1cc(CC(N)=O)cc(CC(=O)N[C@@H](Cc2cccc(OC)c2)[C@H](O)CNCc2cccc(OC)c2)c1. The number of amides is 3.